The number of nitrogens with zero attached hydrogens (tertiary/aromatic N) is 1. The maximum absolute atomic E-state index is 11.5. The molecule has 0 heterocycles. The molecule has 1 amide bonds. The highest BCUT2D eigenvalue weighted by molar-refractivity contribution is 5.93. The molecule has 0 saturated heterocycles. The number of hydrogen-bond donors (Lipinski definition) is 3. The lowest BCUT2D eigenvalue weighted by molar-refractivity contribution is 0.0963. The van der Waals surface area contributed by atoms with Gasteiger partial charge in [-0.25, -0.2) is 4.99 Å². The predicted molar refractivity (Wildman–Crippen MR) is 101 cm³/mol. The molecule has 0 aliphatic heterocycles. The molecule has 134 valence electrons. The molecule has 0 aliphatic rings. The lowest BCUT2D eigenvalue weighted by atomic mass is 10.1. The summed E-state index contributed by atoms with van der Waals surface area (Å²) in [6.45, 7) is 8.95. The smallest absolute Gasteiger partial charge is 0.251 e. The zero-order chi connectivity index (χ0) is 17.8. The summed E-state index contributed by atoms with van der Waals surface area (Å²) in [4.78, 5) is 16.1. The number of hydrogen-bond acceptors (Lipinski definition) is 2. The first-order valence-electron chi connectivity index (χ1n) is 8.90. The van der Waals surface area contributed by atoms with Gasteiger partial charge in [-0.15, -0.1) is 0 Å². The Labute approximate surface area is 146 Å². The van der Waals surface area contributed by atoms with Gasteiger partial charge in [0.1, 0.15) is 0 Å². The minimum absolute atomic E-state index is 0.0681. The summed E-state index contributed by atoms with van der Waals surface area (Å²) in [6, 6.07) is 7.55. The van der Waals surface area contributed by atoms with Crippen LogP contribution in [0.15, 0.2) is 29.3 Å². The number of carbonyl (C=O) groups is 1. The molecule has 5 nitrogen and oxygen atoms in total. The van der Waals surface area contributed by atoms with Crippen LogP contribution in [-0.4, -0.2) is 32.0 Å². The summed E-state index contributed by atoms with van der Waals surface area (Å²) in [7, 11) is 1.63. The fourth-order valence-corrected chi connectivity index (χ4v) is 2.30. The molecule has 0 radical (unpaired) electrons. The van der Waals surface area contributed by atoms with E-state index in [0.717, 1.165) is 37.0 Å². The number of rotatable bonds is 9. The number of nitrogens with one attached hydrogen (secondary N) is 3. The Bertz CT molecular complexity index is 509. The lowest BCUT2D eigenvalue weighted by Gasteiger charge is -2.11. The number of amides is 1. The standard InChI is InChI=1S/C19H32N4O/c1-5-21-19(22-13-7-6-8-15(2)3)23-14-16-9-11-17(12-10-16)18(24)20-4/h9-12,15H,5-8,13-14H2,1-4H3,(H,20,24)(H2,21,22,23). The second-order valence-electron chi connectivity index (χ2n) is 6.29. The molecule has 1 aromatic carbocycles. The van der Waals surface area contributed by atoms with Crippen molar-refractivity contribution in [1.29, 1.82) is 0 Å². The van der Waals surface area contributed by atoms with Crippen LogP contribution in [0.4, 0.5) is 0 Å². The largest absolute Gasteiger partial charge is 0.357 e. The van der Waals surface area contributed by atoms with Gasteiger partial charge in [-0.3, -0.25) is 4.79 Å². The first kappa shape index (κ1) is 20.0. The first-order chi connectivity index (χ1) is 11.6. The zero-order valence-electron chi connectivity index (χ0n) is 15.5. The van der Waals surface area contributed by atoms with Gasteiger partial charge in [-0.05, 0) is 37.0 Å². The second-order valence-corrected chi connectivity index (χ2v) is 6.29. The molecule has 1 rings (SSSR count). The van der Waals surface area contributed by atoms with Crippen LogP contribution in [-0.2, 0) is 6.54 Å². The Morgan fingerprint density at radius 2 is 1.83 bits per heavy atom. The van der Waals surface area contributed by atoms with Crippen LogP contribution in [0.5, 0.6) is 0 Å². The van der Waals surface area contributed by atoms with E-state index < -0.39 is 0 Å². The third-order valence-electron chi connectivity index (χ3n) is 3.71. The second kappa shape index (κ2) is 11.5. The quantitative estimate of drug-likeness (QED) is 0.370. The molecule has 0 aliphatic carbocycles. The Morgan fingerprint density at radius 1 is 1.12 bits per heavy atom. The number of aliphatic imine (C=N–C) groups is 1. The highest BCUT2D eigenvalue weighted by Gasteiger charge is 2.02. The van der Waals surface area contributed by atoms with Crippen molar-refractivity contribution in [3.05, 3.63) is 35.4 Å². The number of unbranched alkanes of at least 4 members (excludes halogenated alkanes) is 1. The Balaban J connectivity index is 2.48. The van der Waals surface area contributed by atoms with E-state index in [1.165, 1.54) is 12.8 Å². The maximum Gasteiger partial charge on any atom is 0.251 e. The minimum Gasteiger partial charge on any atom is -0.357 e. The Morgan fingerprint density at radius 3 is 2.42 bits per heavy atom. The molecule has 3 N–H and O–H groups in total. The average Bonchev–Trinajstić information content (AvgIpc) is 2.58. The fourth-order valence-electron chi connectivity index (χ4n) is 2.30. The summed E-state index contributed by atoms with van der Waals surface area (Å²) < 4.78 is 0. The Kier molecular flexibility index (Phi) is 9.58. The maximum atomic E-state index is 11.5. The number of guanidine groups is 1. The van der Waals surface area contributed by atoms with Crippen molar-refractivity contribution in [1.82, 2.24) is 16.0 Å². The van der Waals surface area contributed by atoms with E-state index in [-0.39, 0.29) is 5.91 Å². The van der Waals surface area contributed by atoms with Crippen molar-refractivity contribution in [3.8, 4) is 0 Å². The summed E-state index contributed by atoms with van der Waals surface area (Å²) in [5, 5.41) is 9.27. The SMILES string of the molecule is CCNC(=NCc1ccc(C(=O)NC)cc1)NCCCCC(C)C. The predicted octanol–water partition coefficient (Wildman–Crippen LogP) is 2.93. The molecule has 0 aromatic heterocycles. The van der Waals surface area contributed by atoms with Gasteiger partial charge in [0.15, 0.2) is 5.96 Å². The number of benzene rings is 1. The molecule has 5 heteroatoms. The molecule has 0 unspecified atom stereocenters. The van der Waals surface area contributed by atoms with Gasteiger partial charge in [-0.2, -0.15) is 0 Å². The molecule has 0 saturated carbocycles. The lowest BCUT2D eigenvalue weighted by Crippen LogP contribution is -2.37. The molecular formula is C19H32N4O. The Hall–Kier alpha value is -2.04. The van der Waals surface area contributed by atoms with Crippen molar-refractivity contribution in [2.45, 2.75) is 46.6 Å². The van der Waals surface area contributed by atoms with Crippen molar-refractivity contribution >= 4 is 11.9 Å². The van der Waals surface area contributed by atoms with E-state index in [1.54, 1.807) is 7.05 Å². The van der Waals surface area contributed by atoms with Crippen LogP contribution in [0.2, 0.25) is 0 Å². The van der Waals surface area contributed by atoms with E-state index in [2.05, 4.69) is 41.7 Å². The van der Waals surface area contributed by atoms with E-state index in [9.17, 15) is 4.79 Å². The van der Waals surface area contributed by atoms with Gasteiger partial charge in [0.05, 0.1) is 6.54 Å². The van der Waals surface area contributed by atoms with Crippen molar-refractivity contribution in [2.24, 2.45) is 10.9 Å². The van der Waals surface area contributed by atoms with Gasteiger partial charge in [0.25, 0.3) is 5.91 Å². The molecular weight excluding hydrogens is 300 g/mol. The van der Waals surface area contributed by atoms with E-state index >= 15 is 0 Å². The summed E-state index contributed by atoms with van der Waals surface area (Å²) in [6.07, 6.45) is 3.67. The highest BCUT2D eigenvalue weighted by atomic mass is 16.1. The van der Waals surface area contributed by atoms with Crippen molar-refractivity contribution < 1.29 is 4.79 Å². The van der Waals surface area contributed by atoms with E-state index in [0.29, 0.717) is 12.1 Å². The van der Waals surface area contributed by atoms with Gasteiger partial charge in [0.2, 0.25) is 0 Å². The molecule has 1 aromatic rings. The van der Waals surface area contributed by atoms with Crippen LogP contribution >= 0.6 is 0 Å². The topological polar surface area (TPSA) is 65.5 Å². The van der Waals surface area contributed by atoms with Gasteiger partial charge < -0.3 is 16.0 Å². The first-order valence-corrected chi connectivity index (χ1v) is 8.90. The van der Waals surface area contributed by atoms with Gasteiger partial charge in [0, 0.05) is 25.7 Å². The molecule has 0 fully saturated rings. The number of carbonyl (C=O) groups excluding carboxylic acids is 1. The average molecular weight is 332 g/mol. The summed E-state index contributed by atoms with van der Waals surface area (Å²) >= 11 is 0. The molecule has 0 bridgehead atoms. The van der Waals surface area contributed by atoms with Crippen LogP contribution in [0.3, 0.4) is 0 Å². The molecule has 0 spiro atoms. The summed E-state index contributed by atoms with van der Waals surface area (Å²) in [5.74, 6) is 1.54. The van der Waals surface area contributed by atoms with Crippen molar-refractivity contribution in [3.63, 3.8) is 0 Å². The monoisotopic (exact) mass is 332 g/mol. The third kappa shape index (κ3) is 7.99. The normalized spacial score (nSPS) is 11.5. The minimum atomic E-state index is -0.0681. The molecule has 24 heavy (non-hydrogen) atoms. The van der Waals surface area contributed by atoms with Crippen LogP contribution in [0, 0.1) is 5.92 Å². The van der Waals surface area contributed by atoms with Crippen LogP contribution in [0.25, 0.3) is 0 Å². The van der Waals surface area contributed by atoms with Gasteiger partial charge in [-0.1, -0.05) is 38.8 Å². The zero-order valence-corrected chi connectivity index (χ0v) is 15.5. The van der Waals surface area contributed by atoms with Crippen molar-refractivity contribution in [2.75, 3.05) is 20.1 Å². The fraction of sp³-hybridized carbons (Fsp3) is 0.579. The van der Waals surface area contributed by atoms with Crippen LogP contribution < -0.4 is 16.0 Å². The van der Waals surface area contributed by atoms with E-state index in [4.69, 9.17) is 0 Å². The van der Waals surface area contributed by atoms with Crippen LogP contribution in [0.1, 0.15) is 56.0 Å². The van der Waals surface area contributed by atoms with Gasteiger partial charge >= 0.3 is 0 Å². The van der Waals surface area contributed by atoms with E-state index in [1.807, 2.05) is 24.3 Å². The summed E-state index contributed by atoms with van der Waals surface area (Å²) in [5.41, 5.74) is 1.75. The third-order valence-corrected chi connectivity index (χ3v) is 3.71. The molecule has 0 atom stereocenters. The highest BCUT2D eigenvalue weighted by Crippen LogP contribution is 2.06.